The van der Waals surface area contributed by atoms with Crippen LogP contribution in [-0.2, 0) is 12.8 Å². The van der Waals surface area contributed by atoms with Gasteiger partial charge in [-0.3, -0.25) is 4.79 Å². The van der Waals surface area contributed by atoms with Crippen LogP contribution in [0, 0.1) is 0 Å². The van der Waals surface area contributed by atoms with Gasteiger partial charge in [0.05, 0.1) is 12.0 Å². The van der Waals surface area contributed by atoms with Crippen molar-refractivity contribution >= 4 is 17.2 Å². The summed E-state index contributed by atoms with van der Waals surface area (Å²) < 4.78 is 5.33. The maximum absolute atomic E-state index is 13.1. The Kier molecular flexibility index (Phi) is 4.52. The maximum Gasteiger partial charge on any atom is 0.264 e. The van der Waals surface area contributed by atoms with E-state index in [0.717, 1.165) is 29.0 Å². The molecule has 1 aliphatic carbocycles. The summed E-state index contributed by atoms with van der Waals surface area (Å²) in [5, 5.41) is 2.18. The highest BCUT2D eigenvalue weighted by molar-refractivity contribution is 7.12. The number of rotatable bonds is 3. The fraction of sp³-hybridized carbons (Fsp3) is 0.450. The van der Waals surface area contributed by atoms with Crippen LogP contribution in [0.25, 0.3) is 0 Å². The number of carbonyl (C=O) groups is 1. The second kappa shape index (κ2) is 6.81. The van der Waals surface area contributed by atoms with E-state index in [0.29, 0.717) is 13.1 Å². The zero-order chi connectivity index (χ0) is 17.4. The lowest BCUT2D eigenvalue weighted by Crippen LogP contribution is -2.32. The normalized spacial score (nSPS) is 22.7. The molecule has 4 nitrogen and oxygen atoms in total. The van der Waals surface area contributed by atoms with E-state index >= 15 is 0 Å². The van der Waals surface area contributed by atoms with Gasteiger partial charge in [-0.1, -0.05) is 12.1 Å². The van der Waals surface area contributed by atoms with E-state index in [-0.39, 0.29) is 17.9 Å². The number of carbonyl (C=O) groups excluding carboxylic acids is 1. The third-order valence-corrected chi connectivity index (χ3v) is 6.53. The second-order valence-corrected chi connectivity index (χ2v) is 7.91. The average Bonchev–Trinajstić information content (AvgIpc) is 3.25. The summed E-state index contributed by atoms with van der Waals surface area (Å²) in [7, 11) is 1.67. The Hall–Kier alpha value is -1.85. The zero-order valence-electron chi connectivity index (χ0n) is 14.5. The SMILES string of the molecule is COc1cccc([C@@H]2CN(C(=O)c3scc4c3CCCC4)C[C@H]2N)c1. The highest BCUT2D eigenvalue weighted by Crippen LogP contribution is 2.34. The molecule has 0 spiro atoms. The molecule has 0 saturated carbocycles. The highest BCUT2D eigenvalue weighted by atomic mass is 32.1. The van der Waals surface area contributed by atoms with Crippen molar-refractivity contribution in [3.63, 3.8) is 0 Å². The van der Waals surface area contributed by atoms with Crippen LogP contribution in [0.1, 0.15) is 45.1 Å². The smallest absolute Gasteiger partial charge is 0.264 e. The van der Waals surface area contributed by atoms with Crippen LogP contribution in [0.5, 0.6) is 5.75 Å². The van der Waals surface area contributed by atoms with Crippen LogP contribution < -0.4 is 10.5 Å². The Morgan fingerprint density at radius 3 is 2.96 bits per heavy atom. The Balaban J connectivity index is 1.54. The molecule has 1 aromatic carbocycles. The molecule has 0 radical (unpaired) electrons. The van der Waals surface area contributed by atoms with Gasteiger partial charge in [-0.05, 0) is 59.9 Å². The zero-order valence-corrected chi connectivity index (χ0v) is 15.3. The molecule has 1 aliphatic heterocycles. The lowest BCUT2D eigenvalue weighted by Gasteiger charge is -2.18. The minimum atomic E-state index is -0.0353. The van der Waals surface area contributed by atoms with E-state index in [1.165, 1.54) is 24.0 Å². The lowest BCUT2D eigenvalue weighted by molar-refractivity contribution is 0.0792. The number of aryl methyl sites for hydroxylation is 1. The molecule has 1 amide bonds. The highest BCUT2D eigenvalue weighted by Gasteiger charge is 2.36. The fourth-order valence-electron chi connectivity index (χ4n) is 4.06. The van der Waals surface area contributed by atoms with Gasteiger partial charge in [0.1, 0.15) is 5.75 Å². The van der Waals surface area contributed by atoms with Gasteiger partial charge in [0.25, 0.3) is 5.91 Å². The van der Waals surface area contributed by atoms with Gasteiger partial charge in [-0.2, -0.15) is 0 Å². The summed E-state index contributed by atoms with van der Waals surface area (Å²) in [6, 6.07) is 8.00. The number of ether oxygens (including phenoxy) is 1. The standard InChI is InChI=1S/C20H24N2O2S/c1-24-15-7-4-6-13(9-15)17-10-22(11-18(17)21)20(23)19-16-8-3-2-5-14(16)12-25-19/h4,6-7,9,12,17-18H,2-3,5,8,10-11,21H2,1H3/t17-,18+/m0/s1. The lowest BCUT2D eigenvalue weighted by atomic mass is 9.93. The van der Waals surface area contributed by atoms with Crippen molar-refractivity contribution in [1.29, 1.82) is 0 Å². The number of amides is 1. The molecule has 1 fully saturated rings. The number of likely N-dealkylation sites (tertiary alicyclic amines) is 1. The van der Waals surface area contributed by atoms with Crippen molar-refractivity contribution in [2.75, 3.05) is 20.2 Å². The van der Waals surface area contributed by atoms with Gasteiger partial charge in [-0.15, -0.1) is 11.3 Å². The van der Waals surface area contributed by atoms with Crippen molar-refractivity contribution in [3.05, 3.63) is 51.2 Å². The van der Waals surface area contributed by atoms with E-state index in [4.69, 9.17) is 10.5 Å². The quantitative estimate of drug-likeness (QED) is 0.919. The number of benzene rings is 1. The van der Waals surface area contributed by atoms with Gasteiger partial charge in [0.15, 0.2) is 0 Å². The first-order valence-corrected chi connectivity index (χ1v) is 9.83. The molecule has 25 heavy (non-hydrogen) atoms. The minimum Gasteiger partial charge on any atom is -0.497 e. The first kappa shape index (κ1) is 16.6. The van der Waals surface area contributed by atoms with Crippen LogP contribution in [-0.4, -0.2) is 37.0 Å². The number of thiophene rings is 1. The van der Waals surface area contributed by atoms with Crippen molar-refractivity contribution in [2.24, 2.45) is 5.73 Å². The van der Waals surface area contributed by atoms with Crippen LogP contribution in [0.15, 0.2) is 29.6 Å². The number of nitrogens with zero attached hydrogens (tertiary/aromatic N) is 1. The molecule has 5 heteroatoms. The predicted octanol–water partition coefficient (Wildman–Crippen LogP) is 3.20. The molecule has 2 N–H and O–H groups in total. The molecule has 1 saturated heterocycles. The third kappa shape index (κ3) is 3.07. The Morgan fingerprint density at radius 1 is 1.28 bits per heavy atom. The Labute approximate surface area is 152 Å². The molecule has 2 heterocycles. The molecule has 132 valence electrons. The Bertz CT molecular complexity index is 786. The molecule has 0 bridgehead atoms. The molecule has 2 atom stereocenters. The van der Waals surface area contributed by atoms with E-state index in [1.54, 1.807) is 18.4 Å². The van der Waals surface area contributed by atoms with Gasteiger partial charge in [-0.25, -0.2) is 0 Å². The minimum absolute atomic E-state index is 0.0353. The van der Waals surface area contributed by atoms with Gasteiger partial charge >= 0.3 is 0 Å². The van der Waals surface area contributed by atoms with Crippen molar-refractivity contribution < 1.29 is 9.53 Å². The largest absolute Gasteiger partial charge is 0.497 e. The number of methoxy groups -OCH3 is 1. The summed E-state index contributed by atoms with van der Waals surface area (Å²) in [4.78, 5) is 16.0. The van der Waals surface area contributed by atoms with Crippen molar-refractivity contribution in [3.8, 4) is 5.75 Å². The van der Waals surface area contributed by atoms with E-state index < -0.39 is 0 Å². The summed E-state index contributed by atoms with van der Waals surface area (Å²) in [5.41, 5.74) is 10.2. The number of nitrogens with two attached hydrogens (primary N) is 1. The number of fused-ring (bicyclic) bond motifs is 1. The monoisotopic (exact) mass is 356 g/mol. The molecule has 0 unspecified atom stereocenters. The molecule has 2 aliphatic rings. The topological polar surface area (TPSA) is 55.6 Å². The second-order valence-electron chi connectivity index (χ2n) is 7.03. The van der Waals surface area contributed by atoms with Crippen LogP contribution in [0.4, 0.5) is 0 Å². The van der Waals surface area contributed by atoms with E-state index in [9.17, 15) is 4.79 Å². The predicted molar refractivity (Wildman–Crippen MR) is 101 cm³/mol. The van der Waals surface area contributed by atoms with Crippen LogP contribution in [0.2, 0.25) is 0 Å². The Morgan fingerprint density at radius 2 is 2.12 bits per heavy atom. The average molecular weight is 356 g/mol. The first-order chi connectivity index (χ1) is 12.2. The first-order valence-electron chi connectivity index (χ1n) is 8.95. The summed E-state index contributed by atoms with van der Waals surface area (Å²) in [6.07, 6.45) is 4.59. The molecular formula is C20H24N2O2S. The number of hydrogen-bond donors (Lipinski definition) is 1. The summed E-state index contributed by atoms with van der Waals surface area (Å²) in [6.45, 7) is 1.30. The molecule has 1 aromatic heterocycles. The van der Waals surface area contributed by atoms with Crippen LogP contribution >= 0.6 is 11.3 Å². The number of hydrogen-bond acceptors (Lipinski definition) is 4. The van der Waals surface area contributed by atoms with Gasteiger partial charge < -0.3 is 15.4 Å². The van der Waals surface area contributed by atoms with Gasteiger partial charge in [0, 0.05) is 25.0 Å². The molecule has 4 rings (SSSR count). The molecule has 2 aromatic rings. The van der Waals surface area contributed by atoms with Crippen LogP contribution in [0.3, 0.4) is 0 Å². The van der Waals surface area contributed by atoms with E-state index in [2.05, 4.69) is 11.4 Å². The maximum atomic E-state index is 13.1. The summed E-state index contributed by atoms with van der Waals surface area (Å²) in [5.74, 6) is 1.16. The van der Waals surface area contributed by atoms with Crippen molar-refractivity contribution in [2.45, 2.75) is 37.6 Å². The molecular weight excluding hydrogens is 332 g/mol. The fourth-order valence-corrected chi connectivity index (χ4v) is 5.19. The summed E-state index contributed by atoms with van der Waals surface area (Å²) >= 11 is 1.61. The third-order valence-electron chi connectivity index (χ3n) is 5.47. The van der Waals surface area contributed by atoms with Gasteiger partial charge in [0.2, 0.25) is 0 Å². The van der Waals surface area contributed by atoms with Crippen molar-refractivity contribution in [1.82, 2.24) is 4.90 Å². The van der Waals surface area contributed by atoms with E-state index in [1.807, 2.05) is 23.1 Å².